The first-order valence-electron chi connectivity index (χ1n) is 9.35. The summed E-state index contributed by atoms with van der Waals surface area (Å²) in [6.07, 6.45) is 1.69. The number of carbonyl (C=O) groups is 1. The van der Waals surface area contributed by atoms with Crippen molar-refractivity contribution in [1.29, 1.82) is 0 Å². The van der Waals surface area contributed by atoms with E-state index in [0.717, 1.165) is 18.5 Å². The Balaban J connectivity index is 1.61. The fourth-order valence-electron chi connectivity index (χ4n) is 3.08. The van der Waals surface area contributed by atoms with Gasteiger partial charge in [-0.3, -0.25) is 14.9 Å². The standard InChI is InChI=1S/C21H18FN3O3S2/c1-13-12-29-21(23-13)30-19-9-6-14(10-18(19)25(27)28)20(26)24(16-7-8-16)11-15-4-2-3-5-17(15)22/h2-6,9-10,12,16H,7-8,11H2,1H3. The first kappa shape index (κ1) is 20.5. The highest BCUT2D eigenvalue weighted by Gasteiger charge is 2.34. The van der Waals surface area contributed by atoms with Crippen LogP contribution in [0.3, 0.4) is 0 Å². The van der Waals surface area contributed by atoms with Gasteiger partial charge in [-0.2, -0.15) is 0 Å². The summed E-state index contributed by atoms with van der Waals surface area (Å²) in [4.78, 5) is 30.7. The third kappa shape index (κ3) is 4.52. The van der Waals surface area contributed by atoms with Crippen LogP contribution in [0.1, 0.15) is 34.5 Å². The molecule has 1 saturated carbocycles. The Morgan fingerprint density at radius 3 is 2.73 bits per heavy atom. The molecule has 1 aromatic heterocycles. The van der Waals surface area contributed by atoms with E-state index in [2.05, 4.69) is 4.98 Å². The van der Waals surface area contributed by atoms with Gasteiger partial charge in [-0.1, -0.05) is 30.0 Å². The second-order valence-corrected chi connectivity index (χ2v) is 9.20. The summed E-state index contributed by atoms with van der Waals surface area (Å²) in [7, 11) is 0. The first-order valence-corrected chi connectivity index (χ1v) is 11.0. The zero-order valence-corrected chi connectivity index (χ0v) is 17.7. The van der Waals surface area contributed by atoms with Crippen LogP contribution in [0.4, 0.5) is 10.1 Å². The van der Waals surface area contributed by atoms with Crippen molar-refractivity contribution >= 4 is 34.7 Å². The topological polar surface area (TPSA) is 76.3 Å². The Morgan fingerprint density at radius 1 is 1.33 bits per heavy atom. The van der Waals surface area contributed by atoms with Crippen molar-refractivity contribution in [2.75, 3.05) is 0 Å². The van der Waals surface area contributed by atoms with Crippen molar-refractivity contribution in [3.8, 4) is 0 Å². The molecule has 1 heterocycles. The summed E-state index contributed by atoms with van der Waals surface area (Å²) >= 11 is 2.62. The van der Waals surface area contributed by atoms with Crippen LogP contribution in [0.5, 0.6) is 0 Å². The van der Waals surface area contributed by atoms with Crippen LogP contribution in [-0.4, -0.2) is 26.8 Å². The third-order valence-corrected chi connectivity index (χ3v) is 6.87. The smallest absolute Gasteiger partial charge is 0.284 e. The summed E-state index contributed by atoms with van der Waals surface area (Å²) in [5, 5.41) is 13.5. The molecule has 154 valence electrons. The number of amides is 1. The van der Waals surface area contributed by atoms with Gasteiger partial charge in [-0.25, -0.2) is 9.37 Å². The molecular formula is C21H18FN3O3S2. The molecule has 0 bridgehead atoms. The molecule has 0 saturated heterocycles. The number of hydrogen-bond acceptors (Lipinski definition) is 6. The van der Waals surface area contributed by atoms with E-state index < -0.39 is 4.92 Å². The van der Waals surface area contributed by atoms with Crippen molar-refractivity contribution in [3.63, 3.8) is 0 Å². The molecule has 0 atom stereocenters. The Kier molecular flexibility index (Phi) is 5.83. The minimum absolute atomic E-state index is 0.0310. The predicted octanol–water partition coefficient (Wildman–Crippen LogP) is 5.45. The number of benzene rings is 2. The highest BCUT2D eigenvalue weighted by molar-refractivity contribution is 8.01. The van der Waals surface area contributed by atoms with Crippen molar-refractivity contribution in [1.82, 2.24) is 9.88 Å². The molecule has 1 aliphatic carbocycles. The Labute approximate surface area is 180 Å². The van der Waals surface area contributed by atoms with Crippen LogP contribution < -0.4 is 0 Å². The zero-order valence-electron chi connectivity index (χ0n) is 16.1. The maximum absolute atomic E-state index is 14.1. The van der Waals surface area contributed by atoms with E-state index in [0.29, 0.717) is 14.8 Å². The largest absolute Gasteiger partial charge is 0.331 e. The number of nitro benzene ring substituents is 1. The van der Waals surface area contributed by atoms with Crippen LogP contribution >= 0.6 is 23.1 Å². The van der Waals surface area contributed by atoms with Crippen LogP contribution in [0.2, 0.25) is 0 Å². The molecule has 0 radical (unpaired) electrons. The monoisotopic (exact) mass is 443 g/mol. The molecule has 3 aromatic rings. The molecule has 6 nitrogen and oxygen atoms in total. The van der Waals surface area contributed by atoms with Crippen molar-refractivity contribution < 1.29 is 14.1 Å². The van der Waals surface area contributed by atoms with Gasteiger partial charge in [0.1, 0.15) is 5.82 Å². The predicted molar refractivity (Wildman–Crippen MR) is 113 cm³/mol. The number of rotatable bonds is 7. The van der Waals surface area contributed by atoms with Crippen LogP contribution in [0, 0.1) is 22.9 Å². The fraction of sp³-hybridized carbons (Fsp3) is 0.238. The highest BCUT2D eigenvalue weighted by Crippen LogP contribution is 2.38. The molecule has 0 aliphatic heterocycles. The SMILES string of the molecule is Cc1csc(Sc2ccc(C(=O)N(Cc3ccccc3F)C3CC3)cc2[N+](=O)[O-])n1. The number of nitro groups is 1. The van der Waals surface area contributed by atoms with Crippen molar-refractivity contribution in [3.05, 3.63) is 80.6 Å². The Bertz CT molecular complexity index is 1110. The molecule has 30 heavy (non-hydrogen) atoms. The number of hydrogen-bond donors (Lipinski definition) is 0. The molecule has 4 rings (SSSR count). The van der Waals surface area contributed by atoms with Gasteiger partial charge in [0.2, 0.25) is 0 Å². The maximum Gasteiger partial charge on any atom is 0.284 e. The van der Waals surface area contributed by atoms with E-state index in [9.17, 15) is 19.3 Å². The molecule has 0 spiro atoms. The summed E-state index contributed by atoms with van der Waals surface area (Å²) < 4.78 is 14.8. The van der Waals surface area contributed by atoms with Gasteiger partial charge in [0.15, 0.2) is 4.34 Å². The second kappa shape index (κ2) is 8.53. The lowest BCUT2D eigenvalue weighted by Gasteiger charge is -2.23. The van der Waals surface area contributed by atoms with Gasteiger partial charge in [0.25, 0.3) is 11.6 Å². The molecule has 1 aliphatic rings. The summed E-state index contributed by atoms with van der Waals surface area (Å²) in [5.41, 5.74) is 1.37. The molecule has 1 amide bonds. The number of aromatic nitrogens is 1. The minimum atomic E-state index is -0.488. The molecule has 9 heteroatoms. The van der Waals surface area contributed by atoms with Gasteiger partial charge in [-0.15, -0.1) is 11.3 Å². The van der Waals surface area contributed by atoms with E-state index >= 15 is 0 Å². The lowest BCUT2D eigenvalue weighted by molar-refractivity contribution is -0.387. The average molecular weight is 444 g/mol. The zero-order chi connectivity index (χ0) is 21.3. The van der Waals surface area contributed by atoms with Gasteiger partial charge >= 0.3 is 0 Å². The van der Waals surface area contributed by atoms with E-state index in [1.54, 1.807) is 35.2 Å². The van der Waals surface area contributed by atoms with Crippen LogP contribution in [0.25, 0.3) is 0 Å². The van der Waals surface area contributed by atoms with Gasteiger partial charge < -0.3 is 4.90 Å². The number of thiazole rings is 1. The lowest BCUT2D eigenvalue weighted by Crippen LogP contribution is -2.33. The number of nitrogens with zero attached hydrogens (tertiary/aromatic N) is 3. The number of halogens is 1. The summed E-state index contributed by atoms with van der Waals surface area (Å²) in [6.45, 7) is 2.00. The molecule has 0 N–H and O–H groups in total. The quantitative estimate of drug-likeness (QED) is 0.358. The maximum atomic E-state index is 14.1. The van der Waals surface area contributed by atoms with Gasteiger partial charge in [0, 0.05) is 40.9 Å². The Morgan fingerprint density at radius 2 is 2.10 bits per heavy atom. The molecule has 1 fully saturated rings. The van der Waals surface area contributed by atoms with Gasteiger partial charge in [-0.05, 0) is 38.0 Å². The third-order valence-electron chi connectivity index (χ3n) is 4.74. The minimum Gasteiger partial charge on any atom is -0.331 e. The fourth-order valence-corrected chi connectivity index (χ4v) is 4.96. The van der Waals surface area contributed by atoms with E-state index in [1.807, 2.05) is 12.3 Å². The summed E-state index contributed by atoms with van der Waals surface area (Å²) in [5.74, 6) is -0.696. The van der Waals surface area contributed by atoms with E-state index in [4.69, 9.17) is 0 Å². The van der Waals surface area contributed by atoms with Crippen molar-refractivity contribution in [2.24, 2.45) is 0 Å². The van der Waals surface area contributed by atoms with E-state index in [1.165, 1.54) is 35.2 Å². The number of aryl methyl sites for hydroxylation is 1. The first-order chi connectivity index (χ1) is 14.4. The molecular weight excluding hydrogens is 425 g/mol. The molecule has 2 aromatic carbocycles. The van der Waals surface area contributed by atoms with E-state index in [-0.39, 0.29) is 35.6 Å². The summed E-state index contributed by atoms with van der Waals surface area (Å²) in [6, 6.07) is 10.9. The van der Waals surface area contributed by atoms with Crippen molar-refractivity contribution in [2.45, 2.75) is 41.6 Å². The normalized spacial score (nSPS) is 13.3. The van der Waals surface area contributed by atoms with Crippen LogP contribution in [-0.2, 0) is 6.54 Å². The molecule has 0 unspecified atom stereocenters. The number of carbonyl (C=O) groups excluding carboxylic acids is 1. The second-order valence-electron chi connectivity index (χ2n) is 7.05. The van der Waals surface area contributed by atoms with Gasteiger partial charge in [0.05, 0.1) is 9.82 Å². The van der Waals surface area contributed by atoms with Crippen LogP contribution in [0.15, 0.2) is 57.1 Å². The lowest BCUT2D eigenvalue weighted by atomic mass is 10.1. The average Bonchev–Trinajstić information content (AvgIpc) is 3.48. The highest BCUT2D eigenvalue weighted by atomic mass is 32.2. The Hall–Kier alpha value is -2.78.